The molecule has 1 fully saturated rings. The SMILES string of the molecule is CCN1CCC(Oc2ccc(-n3cnc4c(N)nc(N)nc43)c(C)c2)C1. The summed E-state index contributed by atoms with van der Waals surface area (Å²) in [6.07, 6.45) is 3.01. The van der Waals surface area contributed by atoms with Crippen LogP contribution in [0.3, 0.4) is 0 Å². The second-order valence-electron chi connectivity index (χ2n) is 6.62. The molecule has 1 aromatic carbocycles. The standard InChI is InChI=1S/C18H23N7O/c1-3-24-7-6-13(9-24)26-12-4-5-14(11(2)8-12)25-10-21-15-16(19)22-18(20)23-17(15)25/h4-5,8,10,13H,3,6-7,9H2,1-2H3,(H4,19,20,22,23). The monoisotopic (exact) mass is 353 g/mol. The number of benzene rings is 1. The Hall–Kier alpha value is -2.87. The molecular weight excluding hydrogens is 330 g/mol. The van der Waals surface area contributed by atoms with Gasteiger partial charge < -0.3 is 16.2 Å². The fourth-order valence-corrected chi connectivity index (χ4v) is 3.46. The number of nitrogens with zero attached hydrogens (tertiary/aromatic N) is 5. The Morgan fingerprint density at radius 1 is 1.27 bits per heavy atom. The van der Waals surface area contributed by atoms with Crippen LogP contribution in [-0.2, 0) is 0 Å². The van der Waals surface area contributed by atoms with Gasteiger partial charge in [-0.2, -0.15) is 9.97 Å². The zero-order valence-corrected chi connectivity index (χ0v) is 15.0. The van der Waals surface area contributed by atoms with Crippen molar-refractivity contribution in [3.63, 3.8) is 0 Å². The average Bonchev–Trinajstić information content (AvgIpc) is 3.22. The van der Waals surface area contributed by atoms with Gasteiger partial charge in [0.25, 0.3) is 0 Å². The van der Waals surface area contributed by atoms with Crippen LogP contribution in [0.2, 0.25) is 0 Å². The molecule has 136 valence electrons. The van der Waals surface area contributed by atoms with Gasteiger partial charge in [-0.05, 0) is 43.7 Å². The Labute approximate surface area is 151 Å². The van der Waals surface area contributed by atoms with Crippen LogP contribution in [0.25, 0.3) is 16.9 Å². The topological polar surface area (TPSA) is 108 Å². The van der Waals surface area contributed by atoms with E-state index in [-0.39, 0.29) is 17.9 Å². The minimum Gasteiger partial charge on any atom is -0.489 e. The number of nitrogens with two attached hydrogens (primary N) is 2. The Balaban J connectivity index is 1.63. The largest absolute Gasteiger partial charge is 0.489 e. The predicted octanol–water partition coefficient (Wildman–Crippen LogP) is 1.76. The van der Waals surface area contributed by atoms with Gasteiger partial charge in [0.05, 0.1) is 5.69 Å². The third kappa shape index (κ3) is 2.92. The lowest BCUT2D eigenvalue weighted by Gasteiger charge is -2.16. The van der Waals surface area contributed by atoms with Crippen LogP contribution >= 0.6 is 0 Å². The van der Waals surface area contributed by atoms with Crippen LogP contribution in [0, 0.1) is 6.92 Å². The Bertz CT molecular complexity index is 952. The normalized spacial score (nSPS) is 17.8. The van der Waals surface area contributed by atoms with Gasteiger partial charge in [0.1, 0.15) is 18.2 Å². The van der Waals surface area contributed by atoms with Crippen molar-refractivity contribution in [1.82, 2.24) is 24.4 Å². The van der Waals surface area contributed by atoms with Crippen LogP contribution < -0.4 is 16.2 Å². The molecule has 8 nitrogen and oxygen atoms in total. The summed E-state index contributed by atoms with van der Waals surface area (Å²) < 4.78 is 8.03. The van der Waals surface area contributed by atoms with Crippen molar-refractivity contribution < 1.29 is 4.74 Å². The van der Waals surface area contributed by atoms with Gasteiger partial charge in [-0.15, -0.1) is 0 Å². The van der Waals surface area contributed by atoms with Gasteiger partial charge in [0.15, 0.2) is 17.0 Å². The van der Waals surface area contributed by atoms with Crippen LogP contribution in [0.15, 0.2) is 24.5 Å². The van der Waals surface area contributed by atoms with Crippen molar-refractivity contribution in [2.24, 2.45) is 0 Å². The molecule has 0 aliphatic carbocycles. The van der Waals surface area contributed by atoms with E-state index in [0.29, 0.717) is 11.2 Å². The Morgan fingerprint density at radius 2 is 2.12 bits per heavy atom. The van der Waals surface area contributed by atoms with Crippen LogP contribution in [0.4, 0.5) is 11.8 Å². The Morgan fingerprint density at radius 3 is 2.85 bits per heavy atom. The van der Waals surface area contributed by atoms with Crippen LogP contribution in [0.5, 0.6) is 5.75 Å². The van der Waals surface area contributed by atoms with E-state index in [9.17, 15) is 0 Å². The lowest BCUT2D eigenvalue weighted by molar-refractivity contribution is 0.202. The van der Waals surface area contributed by atoms with E-state index >= 15 is 0 Å². The van der Waals surface area contributed by atoms with Gasteiger partial charge in [-0.3, -0.25) is 9.47 Å². The van der Waals surface area contributed by atoms with Crippen molar-refractivity contribution in [1.29, 1.82) is 0 Å². The molecule has 1 unspecified atom stereocenters. The van der Waals surface area contributed by atoms with E-state index in [1.165, 1.54) is 0 Å². The molecule has 2 aromatic heterocycles. The highest BCUT2D eigenvalue weighted by molar-refractivity contribution is 5.84. The summed E-state index contributed by atoms with van der Waals surface area (Å²) in [5, 5.41) is 0. The van der Waals surface area contributed by atoms with Gasteiger partial charge >= 0.3 is 0 Å². The molecule has 26 heavy (non-hydrogen) atoms. The molecule has 1 atom stereocenters. The molecule has 0 bridgehead atoms. The van der Waals surface area contributed by atoms with Crippen molar-refractivity contribution in [2.75, 3.05) is 31.1 Å². The molecule has 0 spiro atoms. The number of likely N-dealkylation sites (N-methyl/N-ethyl adjacent to an activating group) is 1. The number of fused-ring (bicyclic) bond motifs is 1. The summed E-state index contributed by atoms with van der Waals surface area (Å²) in [5.74, 6) is 1.30. The van der Waals surface area contributed by atoms with Crippen molar-refractivity contribution in [3.8, 4) is 11.4 Å². The minimum atomic E-state index is 0.135. The number of imidazole rings is 1. The summed E-state index contributed by atoms with van der Waals surface area (Å²) in [6, 6.07) is 6.03. The van der Waals surface area contributed by atoms with E-state index in [1.807, 2.05) is 29.7 Å². The quantitative estimate of drug-likeness (QED) is 0.735. The maximum Gasteiger partial charge on any atom is 0.224 e. The first kappa shape index (κ1) is 16.6. The number of aromatic nitrogens is 4. The third-order valence-electron chi connectivity index (χ3n) is 4.85. The lowest BCUT2D eigenvalue weighted by atomic mass is 10.2. The van der Waals surface area contributed by atoms with E-state index in [4.69, 9.17) is 16.2 Å². The zero-order chi connectivity index (χ0) is 18.3. The van der Waals surface area contributed by atoms with Gasteiger partial charge in [0, 0.05) is 13.1 Å². The molecule has 1 aliphatic heterocycles. The second kappa shape index (κ2) is 6.45. The number of rotatable bonds is 4. The number of likely N-dealkylation sites (tertiary alicyclic amines) is 1. The van der Waals surface area contributed by atoms with Gasteiger partial charge in [0.2, 0.25) is 5.95 Å². The highest BCUT2D eigenvalue weighted by Gasteiger charge is 2.22. The number of ether oxygens (including phenoxy) is 1. The summed E-state index contributed by atoms with van der Waals surface area (Å²) in [7, 11) is 0. The summed E-state index contributed by atoms with van der Waals surface area (Å²) in [5.41, 5.74) is 14.8. The predicted molar refractivity (Wildman–Crippen MR) is 101 cm³/mol. The molecular formula is C18H23N7O. The van der Waals surface area contributed by atoms with Crippen molar-refractivity contribution >= 4 is 22.9 Å². The molecule has 3 aromatic rings. The molecule has 0 saturated carbocycles. The first-order chi connectivity index (χ1) is 12.5. The number of nitrogen functional groups attached to an aromatic ring is 2. The van der Waals surface area contributed by atoms with Crippen molar-refractivity contribution in [2.45, 2.75) is 26.4 Å². The molecule has 1 aliphatic rings. The van der Waals surface area contributed by atoms with E-state index < -0.39 is 0 Å². The highest BCUT2D eigenvalue weighted by Crippen LogP contribution is 2.26. The summed E-state index contributed by atoms with van der Waals surface area (Å²) >= 11 is 0. The summed E-state index contributed by atoms with van der Waals surface area (Å²) in [6.45, 7) is 7.37. The number of aryl methyl sites for hydroxylation is 1. The molecule has 8 heteroatoms. The first-order valence-electron chi connectivity index (χ1n) is 8.81. The maximum absolute atomic E-state index is 6.15. The molecule has 3 heterocycles. The minimum absolute atomic E-state index is 0.135. The molecule has 4 rings (SSSR count). The van der Waals surface area contributed by atoms with Gasteiger partial charge in [-0.1, -0.05) is 6.92 Å². The third-order valence-corrected chi connectivity index (χ3v) is 4.85. The fourth-order valence-electron chi connectivity index (χ4n) is 3.46. The average molecular weight is 353 g/mol. The molecule has 0 amide bonds. The number of anilines is 2. The summed E-state index contributed by atoms with van der Waals surface area (Å²) in [4.78, 5) is 15.0. The van der Waals surface area contributed by atoms with Crippen LogP contribution in [0.1, 0.15) is 18.9 Å². The fraction of sp³-hybridized carbons (Fsp3) is 0.389. The second-order valence-corrected chi connectivity index (χ2v) is 6.62. The molecule has 1 saturated heterocycles. The first-order valence-corrected chi connectivity index (χ1v) is 8.81. The molecule has 4 N–H and O–H groups in total. The lowest BCUT2D eigenvalue weighted by Crippen LogP contribution is -2.24. The van der Waals surface area contributed by atoms with Crippen LogP contribution in [-0.4, -0.2) is 50.2 Å². The Kier molecular flexibility index (Phi) is 4.12. The number of hydrogen-bond acceptors (Lipinski definition) is 7. The highest BCUT2D eigenvalue weighted by atomic mass is 16.5. The maximum atomic E-state index is 6.15. The smallest absolute Gasteiger partial charge is 0.224 e. The van der Waals surface area contributed by atoms with E-state index in [0.717, 1.165) is 43.1 Å². The van der Waals surface area contributed by atoms with Crippen molar-refractivity contribution in [3.05, 3.63) is 30.1 Å². The van der Waals surface area contributed by atoms with E-state index in [1.54, 1.807) is 6.33 Å². The van der Waals surface area contributed by atoms with Gasteiger partial charge in [-0.25, -0.2) is 4.98 Å². The number of hydrogen-bond donors (Lipinski definition) is 2. The zero-order valence-electron chi connectivity index (χ0n) is 15.0. The van der Waals surface area contributed by atoms with E-state index in [2.05, 4.69) is 26.8 Å². The molecule has 0 radical (unpaired) electrons.